The van der Waals surface area contributed by atoms with Crippen molar-refractivity contribution in [2.45, 2.75) is 12.8 Å². The van der Waals surface area contributed by atoms with Crippen LogP contribution in [0.2, 0.25) is 0 Å². The lowest BCUT2D eigenvalue weighted by Crippen LogP contribution is -2.17. The van der Waals surface area contributed by atoms with Crippen LogP contribution in [0.3, 0.4) is 0 Å². The smallest absolute Gasteiger partial charge is 0.178 e. The summed E-state index contributed by atoms with van der Waals surface area (Å²) in [6.45, 7) is 2.27. The Morgan fingerprint density at radius 3 is 2.93 bits per heavy atom. The number of aromatic nitrogens is 3. The molecule has 1 aliphatic rings. The molecule has 3 rings (SSSR count). The third-order valence-electron chi connectivity index (χ3n) is 2.71. The minimum Gasteiger partial charge on any atom is -0.367 e. The Bertz CT molecular complexity index is 442. The van der Waals surface area contributed by atoms with Gasteiger partial charge in [-0.1, -0.05) is 0 Å². The Balaban J connectivity index is 2.11. The van der Waals surface area contributed by atoms with E-state index in [9.17, 15) is 0 Å². The maximum atomic E-state index is 4.34. The Kier molecular flexibility index (Phi) is 1.65. The Labute approximate surface area is 82.2 Å². The monoisotopic (exact) mass is 188 g/mol. The van der Waals surface area contributed by atoms with Gasteiger partial charge in [0.05, 0.1) is 6.20 Å². The van der Waals surface area contributed by atoms with E-state index in [1.54, 1.807) is 0 Å². The van der Waals surface area contributed by atoms with Crippen LogP contribution in [-0.2, 0) is 0 Å². The molecule has 0 atom stereocenters. The van der Waals surface area contributed by atoms with Crippen LogP contribution in [0, 0.1) is 0 Å². The molecule has 0 spiro atoms. The standard InChI is InChI=1S/C10H12N4/c1-2-6-13(5-1)9-8-12-14-7-3-4-11-10(9)14/h3-4,7-8H,1-2,5-6H2. The molecule has 2 aromatic rings. The van der Waals surface area contributed by atoms with Gasteiger partial charge in [0.25, 0.3) is 0 Å². The number of hydrogen-bond donors (Lipinski definition) is 0. The van der Waals surface area contributed by atoms with Crippen molar-refractivity contribution in [3.63, 3.8) is 0 Å². The lowest BCUT2D eigenvalue weighted by atomic mass is 10.4. The number of rotatable bonds is 1. The highest BCUT2D eigenvalue weighted by atomic mass is 15.3. The quantitative estimate of drug-likeness (QED) is 0.677. The summed E-state index contributed by atoms with van der Waals surface area (Å²) in [6.07, 6.45) is 8.22. The van der Waals surface area contributed by atoms with Gasteiger partial charge < -0.3 is 4.90 Å². The van der Waals surface area contributed by atoms with E-state index in [2.05, 4.69) is 15.0 Å². The fourth-order valence-electron chi connectivity index (χ4n) is 2.00. The predicted octanol–water partition coefficient (Wildman–Crippen LogP) is 1.33. The van der Waals surface area contributed by atoms with Crippen molar-refractivity contribution < 1.29 is 0 Å². The van der Waals surface area contributed by atoms with Crippen LogP contribution in [0.4, 0.5) is 5.69 Å². The maximum absolute atomic E-state index is 4.34. The van der Waals surface area contributed by atoms with Gasteiger partial charge in [-0.15, -0.1) is 0 Å². The zero-order chi connectivity index (χ0) is 9.38. The molecule has 0 bridgehead atoms. The molecule has 14 heavy (non-hydrogen) atoms. The number of hydrogen-bond acceptors (Lipinski definition) is 3. The van der Waals surface area contributed by atoms with Crippen molar-refractivity contribution >= 4 is 11.3 Å². The predicted molar refractivity (Wildman–Crippen MR) is 54.4 cm³/mol. The van der Waals surface area contributed by atoms with Crippen LogP contribution in [0.5, 0.6) is 0 Å². The van der Waals surface area contributed by atoms with Crippen molar-refractivity contribution in [3.8, 4) is 0 Å². The maximum Gasteiger partial charge on any atom is 0.178 e. The van der Waals surface area contributed by atoms with E-state index in [0.717, 1.165) is 18.7 Å². The van der Waals surface area contributed by atoms with Crippen LogP contribution < -0.4 is 4.90 Å². The molecule has 4 heteroatoms. The minimum absolute atomic E-state index is 0.967. The van der Waals surface area contributed by atoms with Crippen LogP contribution in [0.25, 0.3) is 5.65 Å². The van der Waals surface area contributed by atoms with E-state index in [4.69, 9.17) is 0 Å². The molecule has 1 fully saturated rings. The van der Waals surface area contributed by atoms with Gasteiger partial charge in [0.15, 0.2) is 5.65 Å². The fourth-order valence-corrected chi connectivity index (χ4v) is 2.00. The minimum atomic E-state index is 0.967. The summed E-state index contributed by atoms with van der Waals surface area (Å²) in [4.78, 5) is 6.70. The topological polar surface area (TPSA) is 33.4 Å². The summed E-state index contributed by atoms with van der Waals surface area (Å²) in [5.41, 5.74) is 2.14. The molecule has 0 radical (unpaired) electrons. The Hall–Kier alpha value is -1.58. The van der Waals surface area contributed by atoms with Gasteiger partial charge in [-0.05, 0) is 18.9 Å². The molecule has 1 saturated heterocycles. The molecule has 0 amide bonds. The highest BCUT2D eigenvalue weighted by Gasteiger charge is 2.16. The highest BCUT2D eigenvalue weighted by molar-refractivity contribution is 5.68. The normalized spacial score (nSPS) is 16.7. The van der Waals surface area contributed by atoms with Crippen molar-refractivity contribution in [1.29, 1.82) is 0 Å². The first kappa shape index (κ1) is 7.79. The highest BCUT2D eigenvalue weighted by Crippen LogP contribution is 2.23. The summed E-state index contributed by atoms with van der Waals surface area (Å²) < 4.78 is 1.83. The average Bonchev–Trinajstić information content (AvgIpc) is 2.85. The molecule has 0 unspecified atom stereocenters. The van der Waals surface area contributed by atoms with Crippen LogP contribution in [0.15, 0.2) is 24.7 Å². The molecule has 3 heterocycles. The molecule has 0 N–H and O–H groups in total. The first-order valence-corrected chi connectivity index (χ1v) is 4.98. The van der Waals surface area contributed by atoms with Gasteiger partial charge in [0.1, 0.15) is 5.69 Å². The van der Waals surface area contributed by atoms with Gasteiger partial charge >= 0.3 is 0 Å². The molecule has 2 aromatic heterocycles. The SMILES string of the molecule is c1cnc2c(N3CCCC3)cnn2c1. The zero-order valence-electron chi connectivity index (χ0n) is 7.93. The largest absolute Gasteiger partial charge is 0.367 e. The van der Waals surface area contributed by atoms with E-state index in [-0.39, 0.29) is 0 Å². The van der Waals surface area contributed by atoms with Gasteiger partial charge in [0.2, 0.25) is 0 Å². The molecule has 0 saturated carbocycles. The van der Waals surface area contributed by atoms with E-state index in [1.165, 1.54) is 18.5 Å². The molecular formula is C10H12N4. The fraction of sp³-hybridized carbons (Fsp3) is 0.400. The summed E-state index contributed by atoms with van der Waals surface area (Å²) in [5, 5.41) is 4.28. The summed E-state index contributed by atoms with van der Waals surface area (Å²) in [6, 6.07) is 1.90. The second kappa shape index (κ2) is 2.97. The third kappa shape index (κ3) is 1.07. The first-order chi connectivity index (χ1) is 6.95. The van der Waals surface area contributed by atoms with E-state index >= 15 is 0 Å². The summed E-state index contributed by atoms with van der Waals surface area (Å²) >= 11 is 0. The van der Waals surface area contributed by atoms with Crippen LogP contribution in [0.1, 0.15) is 12.8 Å². The second-order valence-corrected chi connectivity index (χ2v) is 3.61. The van der Waals surface area contributed by atoms with Crippen molar-refractivity contribution in [2.24, 2.45) is 0 Å². The van der Waals surface area contributed by atoms with Crippen molar-refractivity contribution in [3.05, 3.63) is 24.7 Å². The third-order valence-corrected chi connectivity index (χ3v) is 2.71. The van der Waals surface area contributed by atoms with Gasteiger partial charge in [-0.25, -0.2) is 9.50 Å². The molecule has 0 aliphatic carbocycles. The lowest BCUT2D eigenvalue weighted by molar-refractivity contribution is 0.939. The Morgan fingerprint density at radius 1 is 1.21 bits per heavy atom. The number of anilines is 1. The van der Waals surface area contributed by atoms with Crippen molar-refractivity contribution in [2.75, 3.05) is 18.0 Å². The van der Waals surface area contributed by atoms with Gasteiger partial charge in [-0.2, -0.15) is 5.10 Å². The zero-order valence-corrected chi connectivity index (χ0v) is 7.93. The van der Waals surface area contributed by atoms with Gasteiger partial charge in [0, 0.05) is 25.5 Å². The molecule has 0 aromatic carbocycles. The molecular weight excluding hydrogens is 176 g/mol. The lowest BCUT2D eigenvalue weighted by Gasteiger charge is -2.14. The summed E-state index contributed by atoms with van der Waals surface area (Å²) in [7, 11) is 0. The number of fused-ring (bicyclic) bond motifs is 1. The van der Waals surface area contributed by atoms with Crippen LogP contribution >= 0.6 is 0 Å². The van der Waals surface area contributed by atoms with Gasteiger partial charge in [-0.3, -0.25) is 0 Å². The van der Waals surface area contributed by atoms with E-state index in [1.807, 2.05) is 29.2 Å². The van der Waals surface area contributed by atoms with Crippen molar-refractivity contribution in [1.82, 2.24) is 14.6 Å². The molecule has 1 aliphatic heterocycles. The van der Waals surface area contributed by atoms with E-state index in [0.29, 0.717) is 0 Å². The average molecular weight is 188 g/mol. The number of nitrogens with zero attached hydrogens (tertiary/aromatic N) is 4. The Morgan fingerprint density at radius 2 is 2.07 bits per heavy atom. The molecule has 72 valence electrons. The molecule has 4 nitrogen and oxygen atoms in total. The summed E-state index contributed by atoms with van der Waals surface area (Å²) in [5.74, 6) is 0. The second-order valence-electron chi connectivity index (χ2n) is 3.61. The van der Waals surface area contributed by atoms with Crippen LogP contribution in [-0.4, -0.2) is 27.7 Å². The first-order valence-electron chi connectivity index (χ1n) is 4.98. The van der Waals surface area contributed by atoms with E-state index < -0.39 is 0 Å².